The van der Waals surface area contributed by atoms with Crippen LogP contribution in [0.15, 0.2) is 28.8 Å². The van der Waals surface area contributed by atoms with Crippen molar-refractivity contribution in [2.75, 3.05) is 5.32 Å². The SMILES string of the molecule is CCn1nnnc1COc1ccc(C(=O)Nc2c(C)noc2C)cc1. The fraction of sp³-hybridized carbons (Fsp3) is 0.312. The summed E-state index contributed by atoms with van der Waals surface area (Å²) >= 11 is 0. The molecule has 1 N–H and O–H groups in total. The van der Waals surface area contributed by atoms with Gasteiger partial charge in [-0.3, -0.25) is 4.79 Å². The number of amides is 1. The summed E-state index contributed by atoms with van der Waals surface area (Å²) in [6, 6.07) is 6.82. The molecule has 3 rings (SSSR count). The van der Waals surface area contributed by atoms with Crippen LogP contribution in [0.2, 0.25) is 0 Å². The first-order chi connectivity index (χ1) is 12.1. The van der Waals surface area contributed by atoms with E-state index < -0.39 is 0 Å². The van der Waals surface area contributed by atoms with Gasteiger partial charge in [0.2, 0.25) is 0 Å². The highest BCUT2D eigenvalue weighted by molar-refractivity contribution is 6.04. The molecule has 0 spiro atoms. The molecule has 9 heteroatoms. The Morgan fingerprint density at radius 3 is 2.68 bits per heavy atom. The van der Waals surface area contributed by atoms with Crippen molar-refractivity contribution in [3.63, 3.8) is 0 Å². The number of ether oxygens (including phenoxy) is 1. The second-order valence-electron chi connectivity index (χ2n) is 5.38. The summed E-state index contributed by atoms with van der Waals surface area (Å²) in [6.07, 6.45) is 0. The van der Waals surface area contributed by atoms with Gasteiger partial charge in [0.25, 0.3) is 5.91 Å². The molecule has 0 saturated heterocycles. The lowest BCUT2D eigenvalue weighted by atomic mass is 10.2. The predicted octanol–water partition coefficient (Wildman–Crippen LogP) is 2.13. The monoisotopic (exact) mass is 342 g/mol. The van der Waals surface area contributed by atoms with Gasteiger partial charge in [0.05, 0.1) is 0 Å². The molecule has 2 aromatic heterocycles. The van der Waals surface area contributed by atoms with Gasteiger partial charge in [-0.1, -0.05) is 5.16 Å². The highest BCUT2D eigenvalue weighted by Gasteiger charge is 2.14. The Bertz CT molecular complexity index is 849. The third-order valence-corrected chi connectivity index (χ3v) is 3.66. The number of aromatic nitrogens is 5. The molecular weight excluding hydrogens is 324 g/mol. The normalized spacial score (nSPS) is 10.7. The van der Waals surface area contributed by atoms with E-state index >= 15 is 0 Å². The number of carbonyl (C=O) groups excluding carboxylic acids is 1. The number of hydrogen-bond donors (Lipinski definition) is 1. The average Bonchev–Trinajstić information content (AvgIpc) is 3.21. The van der Waals surface area contributed by atoms with Crippen molar-refractivity contribution >= 4 is 11.6 Å². The average molecular weight is 342 g/mol. The zero-order valence-corrected chi connectivity index (χ0v) is 14.2. The molecule has 2 heterocycles. The fourth-order valence-electron chi connectivity index (χ4n) is 2.27. The van der Waals surface area contributed by atoms with E-state index in [1.165, 1.54) is 0 Å². The zero-order valence-electron chi connectivity index (χ0n) is 14.2. The van der Waals surface area contributed by atoms with Crippen LogP contribution in [-0.2, 0) is 13.2 Å². The Morgan fingerprint density at radius 1 is 1.28 bits per heavy atom. The number of carbonyl (C=O) groups is 1. The molecule has 0 aliphatic heterocycles. The number of anilines is 1. The lowest BCUT2D eigenvalue weighted by Gasteiger charge is -2.07. The summed E-state index contributed by atoms with van der Waals surface area (Å²) in [5.41, 5.74) is 1.74. The van der Waals surface area contributed by atoms with E-state index in [4.69, 9.17) is 9.26 Å². The summed E-state index contributed by atoms with van der Waals surface area (Å²) in [6.45, 7) is 6.40. The molecule has 3 aromatic rings. The van der Waals surface area contributed by atoms with Crippen molar-refractivity contribution in [2.24, 2.45) is 0 Å². The van der Waals surface area contributed by atoms with E-state index in [-0.39, 0.29) is 12.5 Å². The van der Waals surface area contributed by atoms with Crippen molar-refractivity contribution in [2.45, 2.75) is 33.9 Å². The first-order valence-electron chi connectivity index (χ1n) is 7.80. The Balaban J connectivity index is 1.63. The van der Waals surface area contributed by atoms with Crippen molar-refractivity contribution < 1.29 is 14.1 Å². The van der Waals surface area contributed by atoms with Gasteiger partial charge in [0, 0.05) is 12.1 Å². The molecule has 0 unspecified atom stereocenters. The van der Waals surface area contributed by atoms with Gasteiger partial charge in [-0.05, 0) is 55.5 Å². The van der Waals surface area contributed by atoms with Crippen molar-refractivity contribution in [1.29, 1.82) is 0 Å². The standard InChI is InChI=1S/C16H18N6O3/c1-4-22-14(18-20-21-22)9-24-13-7-5-12(6-8-13)16(23)17-15-10(2)19-25-11(15)3/h5-8H,4,9H2,1-3H3,(H,17,23). The van der Waals surface area contributed by atoms with Crippen LogP contribution in [0.5, 0.6) is 5.75 Å². The van der Waals surface area contributed by atoms with Gasteiger partial charge in [-0.2, -0.15) is 0 Å². The summed E-state index contributed by atoms with van der Waals surface area (Å²) in [5.74, 6) is 1.59. The topological polar surface area (TPSA) is 108 Å². The van der Waals surface area contributed by atoms with E-state index in [1.807, 2.05) is 6.92 Å². The largest absolute Gasteiger partial charge is 0.486 e. The molecule has 0 fully saturated rings. The third kappa shape index (κ3) is 3.65. The molecule has 1 amide bonds. The van der Waals surface area contributed by atoms with E-state index in [1.54, 1.807) is 42.8 Å². The number of hydrogen-bond acceptors (Lipinski definition) is 7. The Labute approximate surface area is 144 Å². The molecule has 0 aliphatic carbocycles. The molecule has 25 heavy (non-hydrogen) atoms. The van der Waals surface area contributed by atoms with Crippen molar-refractivity contribution in [3.8, 4) is 5.75 Å². The summed E-state index contributed by atoms with van der Waals surface area (Å²) < 4.78 is 12.3. The number of nitrogens with zero attached hydrogens (tertiary/aromatic N) is 5. The molecule has 0 bridgehead atoms. The number of aryl methyl sites for hydroxylation is 3. The lowest BCUT2D eigenvalue weighted by Crippen LogP contribution is -2.13. The molecule has 0 atom stereocenters. The maximum absolute atomic E-state index is 12.3. The van der Waals surface area contributed by atoms with E-state index in [9.17, 15) is 4.79 Å². The van der Waals surface area contributed by atoms with E-state index in [2.05, 4.69) is 26.0 Å². The second kappa shape index (κ2) is 7.12. The molecule has 0 radical (unpaired) electrons. The van der Waals surface area contributed by atoms with Crippen molar-refractivity contribution in [3.05, 3.63) is 47.1 Å². The number of tetrazole rings is 1. The zero-order chi connectivity index (χ0) is 17.8. The molecule has 1 aromatic carbocycles. The Kier molecular flexibility index (Phi) is 4.73. The minimum atomic E-state index is -0.240. The van der Waals surface area contributed by atoms with E-state index in [0.29, 0.717) is 40.8 Å². The quantitative estimate of drug-likeness (QED) is 0.731. The van der Waals surface area contributed by atoms with Crippen LogP contribution in [0.1, 0.15) is 34.6 Å². The summed E-state index contributed by atoms with van der Waals surface area (Å²) in [5, 5.41) is 18.0. The summed E-state index contributed by atoms with van der Waals surface area (Å²) in [4.78, 5) is 12.3. The summed E-state index contributed by atoms with van der Waals surface area (Å²) in [7, 11) is 0. The van der Waals surface area contributed by atoms with Crippen LogP contribution in [0, 0.1) is 13.8 Å². The molecule has 0 saturated carbocycles. The molecule has 130 valence electrons. The van der Waals surface area contributed by atoms with Gasteiger partial charge in [-0.15, -0.1) is 5.10 Å². The number of nitrogens with one attached hydrogen (secondary N) is 1. The van der Waals surface area contributed by atoms with Gasteiger partial charge in [-0.25, -0.2) is 4.68 Å². The van der Waals surface area contributed by atoms with Gasteiger partial charge >= 0.3 is 0 Å². The Hall–Kier alpha value is -3.23. The third-order valence-electron chi connectivity index (χ3n) is 3.66. The first kappa shape index (κ1) is 16.6. The second-order valence-corrected chi connectivity index (χ2v) is 5.38. The number of benzene rings is 1. The van der Waals surface area contributed by atoms with Crippen LogP contribution < -0.4 is 10.1 Å². The highest BCUT2D eigenvalue weighted by Crippen LogP contribution is 2.20. The molecule has 9 nitrogen and oxygen atoms in total. The molecular formula is C16H18N6O3. The highest BCUT2D eigenvalue weighted by atomic mass is 16.5. The number of rotatable bonds is 6. The van der Waals surface area contributed by atoms with Crippen LogP contribution >= 0.6 is 0 Å². The Morgan fingerprint density at radius 2 is 2.04 bits per heavy atom. The first-order valence-corrected chi connectivity index (χ1v) is 7.80. The maximum Gasteiger partial charge on any atom is 0.255 e. The van der Waals surface area contributed by atoms with Gasteiger partial charge < -0.3 is 14.6 Å². The van der Waals surface area contributed by atoms with Gasteiger partial charge in [0.15, 0.2) is 11.6 Å². The van der Waals surface area contributed by atoms with Crippen LogP contribution in [0.25, 0.3) is 0 Å². The van der Waals surface area contributed by atoms with Crippen LogP contribution in [0.4, 0.5) is 5.69 Å². The minimum absolute atomic E-state index is 0.240. The van der Waals surface area contributed by atoms with Crippen LogP contribution in [0.3, 0.4) is 0 Å². The van der Waals surface area contributed by atoms with Gasteiger partial charge in [0.1, 0.15) is 23.7 Å². The predicted molar refractivity (Wildman–Crippen MR) is 88.2 cm³/mol. The van der Waals surface area contributed by atoms with Crippen molar-refractivity contribution in [1.82, 2.24) is 25.4 Å². The van der Waals surface area contributed by atoms with Crippen LogP contribution in [-0.4, -0.2) is 31.3 Å². The smallest absolute Gasteiger partial charge is 0.255 e. The fourth-order valence-corrected chi connectivity index (χ4v) is 2.27. The molecule has 0 aliphatic rings. The maximum atomic E-state index is 12.3. The van der Waals surface area contributed by atoms with E-state index in [0.717, 1.165) is 0 Å². The lowest BCUT2D eigenvalue weighted by molar-refractivity contribution is 0.102. The minimum Gasteiger partial charge on any atom is -0.486 e.